The molecule has 1 N–H and O–H groups in total. The van der Waals surface area contributed by atoms with Gasteiger partial charge in [-0.1, -0.05) is 0 Å². The van der Waals surface area contributed by atoms with Gasteiger partial charge < -0.3 is 19.5 Å². The van der Waals surface area contributed by atoms with Gasteiger partial charge in [0.05, 0.1) is 13.2 Å². The highest BCUT2D eigenvalue weighted by atomic mass is 16.7. The third kappa shape index (κ3) is 2.02. The van der Waals surface area contributed by atoms with Crippen LogP contribution >= 0.6 is 0 Å². The zero-order chi connectivity index (χ0) is 9.26. The first-order valence-electron chi connectivity index (χ1n) is 4.86. The van der Waals surface area contributed by atoms with Crippen molar-refractivity contribution in [1.82, 2.24) is 4.90 Å². The van der Waals surface area contributed by atoms with E-state index in [-0.39, 0.29) is 19.0 Å². The number of rotatable bonds is 2. The Morgan fingerprint density at radius 1 is 1.54 bits per heavy atom. The summed E-state index contributed by atoms with van der Waals surface area (Å²) in [5.41, 5.74) is 0. The van der Waals surface area contributed by atoms with Gasteiger partial charge in [0.15, 0.2) is 6.29 Å². The highest BCUT2D eigenvalue weighted by Gasteiger charge is 2.35. The lowest BCUT2D eigenvalue weighted by molar-refractivity contribution is -0.0982. The molecule has 2 aliphatic rings. The van der Waals surface area contributed by atoms with Crippen LogP contribution in [-0.2, 0) is 9.47 Å². The third-order valence-corrected chi connectivity index (χ3v) is 2.79. The molecule has 0 aromatic carbocycles. The molecule has 0 radical (unpaired) electrons. The Hall–Kier alpha value is -0.160. The van der Waals surface area contributed by atoms with Crippen molar-refractivity contribution in [2.24, 2.45) is 5.92 Å². The lowest BCUT2D eigenvalue weighted by Gasteiger charge is -2.17. The molecule has 3 unspecified atom stereocenters. The van der Waals surface area contributed by atoms with Gasteiger partial charge in [-0.15, -0.1) is 0 Å². The molecular weight excluding hydrogens is 170 g/mol. The Morgan fingerprint density at radius 3 is 2.92 bits per heavy atom. The molecule has 2 saturated heterocycles. The highest BCUT2D eigenvalue weighted by Crippen LogP contribution is 2.26. The van der Waals surface area contributed by atoms with Crippen LogP contribution < -0.4 is 0 Å². The van der Waals surface area contributed by atoms with E-state index in [9.17, 15) is 0 Å². The minimum absolute atomic E-state index is 0.0685. The molecule has 2 fully saturated rings. The van der Waals surface area contributed by atoms with Gasteiger partial charge in [-0.3, -0.25) is 0 Å². The molecule has 13 heavy (non-hydrogen) atoms. The highest BCUT2D eigenvalue weighted by molar-refractivity contribution is 4.79. The molecule has 2 aliphatic heterocycles. The molecule has 0 aliphatic carbocycles. The van der Waals surface area contributed by atoms with E-state index in [2.05, 4.69) is 11.9 Å². The van der Waals surface area contributed by atoms with E-state index in [1.165, 1.54) is 0 Å². The molecule has 3 atom stereocenters. The summed E-state index contributed by atoms with van der Waals surface area (Å²) in [7, 11) is 2.11. The van der Waals surface area contributed by atoms with E-state index >= 15 is 0 Å². The topological polar surface area (TPSA) is 41.9 Å². The summed E-state index contributed by atoms with van der Waals surface area (Å²) >= 11 is 0. The van der Waals surface area contributed by atoms with Gasteiger partial charge in [0.2, 0.25) is 0 Å². The predicted molar refractivity (Wildman–Crippen MR) is 47.3 cm³/mol. The van der Waals surface area contributed by atoms with Crippen molar-refractivity contribution >= 4 is 0 Å². The van der Waals surface area contributed by atoms with Crippen molar-refractivity contribution in [1.29, 1.82) is 0 Å². The van der Waals surface area contributed by atoms with Crippen LogP contribution in [0.2, 0.25) is 0 Å². The number of aliphatic hydroxyl groups is 1. The maximum atomic E-state index is 8.86. The van der Waals surface area contributed by atoms with Gasteiger partial charge in [0.25, 0.3) is 0 Å². The Balaban J connectivity index is 1.82. The summed E-state index contributed by atoms with van der Waals surface area (Å²) in [6.45, 7) is 2.78. The van der Waals surface area contributed by atoms with E-state index in [1.807, 2.05) is 0 Å². The van der Waals surface area contributed by atoms with Crippen LogP contribution in [0.5, 0.6) is 0 Å². The van der Waals surface area contributed by atoms with Crippen LogP contribution in [0, 0.1) is 5.92 Å². The second-order valence-corrected chi connectivity index (χ2v) is 3.95. The number of nitrogens with zero attached hydrogens (tertiary/aromatic N) is 1. The van der Waals surface area contributed by atoms with Crippen molar-refractivity contribution in [2.45, 2.75) is 18.8 Å². The summed E-state index contributed by atoms with van der Waals surface area (Å²) < 4.78 is 11.0. The first-order valence-corrected chi connectivity index (χ1v) is 4.86. The molecule has 0 aromatic heterocycles. The fourth-order valence-corrected chi connectivity index (χ4v) is 2.00. The fourth-order valence-electron chi connectivity index (χ4n) is 2.00. The SMILES string of the molecule is CN1CCC(C2OCC(CO)O2)C1. The van der Waals surface area contributed by atoms with Crippen LogP contribution in [0.25, 0.3) is 0 Å². The Morgan fingerprint density at radius 2 is 2.38 bits per heavy atom. The standard InChI is InChI=1S/C9H17NO3/c1-10-3-2-7(4-10)9-12-6-8(5-11)13-9/h7-9,11H,2-6H2,1H3. The molecule has 2 rings (SSSR count). The number of likely N-dealkylation sites (tertiary alicyclic amines) is 1. The second kappa shape index (κ2) is 3.92. The maximum Gasteiger partial charge on any atom is 0.162 e. The van der Waals surface area contributed by atoms with Crippen molar-refractivity contribution in [3.05, 3.63) is 0 Å². The van der Waals surface area contributed by atoms with Crippen molar-refractivity contribution in [3.8, 4) is 0 Å². The lowest BCUT2D eigenvalue weighted by Crippen LogP contribution is -2.26. The molecule has 0 aromatic rings. The number of ether oxygens (including phenoxy) is 2. The number of aliphatic hydroxyl groups excluding tert-OH is 1. The summed E-state index contributed by atoms with van der Waals surface area (Å²) in [6.07, 6.45) is 0.956. The van der Waals surface area contributed by atoms with Gasteiger partial charge in [-0.05, 0) is 20.0 Å². The third-order valence-electron chi connectivity index (χ3n) is 2.79. The summed E-state index contributed by atoms with van der Waals surface area (Å²) in [4.78, 5) is 2.28. The van der Waals surface area contributed by atoms with E-state index in [1.54, 1.807) is 0 Å². The second-order valence-electron chi connectivity index (χ2n) is 3.95. The fraction of sp³-hybridized carbons (Fsp3) is 1.00. The summed E-state index contributed by atoms with van der Waals surface area (Å²) in [5.74, 6) is 0.488. The molecule has 0 bridgehead atoms. The smallest absolute Gasteiger partial charge is 0.162 e. The minimum atomic E-state index is -0.101. The van der Waals surface area contributed by atoms with E-state index in [0.29, 0.717) is 12.5 Å². The number of hydrogen-bond acceptors (Lipinski definition) is 4. The van der Waals surface area contributed by atoms with E-state index < -0.39 is 0 Å². The molecular formula is C9H17NO3. The summed E-state index contributed by atoms with van der Waals surface area (Å²) in [5, 5.41) is 8.86. The molecule has 0 amide bonds. The average Bonchev–Trinajstić information content (AvgIpc) is 2.71. The molecule has 0 spiro atoms. The summed E-state index contributed by atoms with van der Waals surface area (Å²) in [6, 6.07) is 0. The van der Waals surface area contributed by atoms with E-state index in [4.69, 9.17) is 14.6 Å². The molecule has 0 saturated carbocycles. The largest absolute Gasteiger partial charge is 0.394 e. The van der Waals surface area contributed by atoms with Crippen LogP contribution in [-0.4, -0.2) is 55.8 Å². The van der Waals surface area contributed by atoms with Gasteiger partial charge in [0, 0.05) is 12.5 Å². The van der Waals surface area contributed by atoms with Crippen LogP contribution in [0.4, 0.5) is 0 Å². The normalized spacial score (nSPS) is 41.5. The quantitative estimate of drug-likeness (QED) is 0.643. The van der Waals surface area contributed by atoms with Crippen molar-refractivity contribution in [3.63, 3.8) is 0 Å². The monoisotopic (exact) mass is 187 g/mol. The Kier molecular flexibility index (Phi) is 2.83. The first-order chi connectivity index (χ1) is 6.29. The van der Waals surface area contributed by atoms with E-state index in [0.717, 1.165) is 19.5 Å². The molecule has 76 valence electrons. The zero-order valence-corrected chi connectivity index (χ0v) is 7.98. The maximum absolute atomic E-state index is 8.86. The zero-order valence-electron chi connectivity index (χ0n) is 7.98. The molecule has 4 nitrogen and oxygen atoms in total. The van der Waals surface area contributed by atoms with Crippen LogP contribution in [0.15, 0.2) is 0 Å². The van der Waals surface area contributed by atoms with Crippen molar-refractivity contribution in [2.75, 3.05) is 33.4 Å². The van der Waals surface area contributed by atoms with Gasteiger partial charge in [-0.25, -0.2) is 0 Å². The first kappa shape index (κ1) is 9.40. The predicted octanol–water partition coefficient (Wildman–Crippen LogP) is -0.328. The van der Waals surface area contributed by atoms with Gasteiger partial charge >= 0.3 is 0 Å². The van der Waals surface area contributed by atoms with Crippen LogP contribution in [0.1, 0.15) is 6.42 Å². The molecule has 2 heterocycles. The lowest BCUT2D eigenvalue weighted by atomic mass is 10.1. The van der Waals surface area contributed by atoms with Gasteiger partial charge in [-0.2, -0.15) is 0 Å². The van der Waals surface area contributed by atoms with Crippen LogP contribution in [0.3, 0.4) is 0 Å². The minimum Gasteiger partial charge on any atom is -0.394 e. The number of hydrogen-bond donors (Lipinski definition) is 1. The van der Waals surface area contributed by atoms with Crippen molar-refractivity contribution < 1.29 is 14.6 Å². The molecule has 4 heteroatoms. The van der Waals surface area contributed by atoms with Gasteiger partial charge in [0.1, 0.15) is 6.10 Å². The Bertz CT molecular complexity index is 176. The Labute approximate surface area is 78.4 Å². The average molecular weight is 187 g/mol.